The van der Waals surface area contributed by atoms with Crippen LogP contribution in [0.1, 0.15) is 20.3 Å². The number of piperazine rings is 1. The molecule has 1 rings (SSSR count). The van der Waals surface area contributed by atoms with Crippen molar-refractivity contribution in [1.29, 1.82) is 5.26 Å². The van der Waals surface area contributed by atoms with Gasteiger partial charge in [-0.25, -0.2) is 0 Å². The fourth-order valence-electron chi connectivity index (χ4n) is 2.26. The Bertz CT molecular complexity index is 236. The fourth-order valence-corrected chi connectivity index (χ4v) is 2.26. The number of nitrogens with zero attached hydrogens (tertiary/aromatic N) is 3. The van der Waals surface area contributed by atoms with Gasteiger partial charge in [0.2, 0.25) is 0 Å². The predicted octanol–water partition coefficient (Wildman–Crippen LogP) is 0.514. The zero-order chi connectivity index (χ0) is 12.0. The quantitative estimate of drug-likeness (QED) is 0.739. The van der Waals surface area contributed by atoms with Crippen molar-refractivity contribution in [3.05, 3.63) is 0 Å². The number of hydrogen-bond acceptors (Lipinski definition) is 4. The molecule has 4 nitrogen and oxygen atoms in total. The third-order valence-corrected chi connectivity index (χ3v) is 3.28. The van der Waals surface area contributed by atoms with Crippen LogP contribution in [0, 0.1) is 11.3 Å². The van der Waals surface area contributed by atoms with Gasteiger partial charge in [0, 0.05) is 32.2 Å². The third kappa shape index (κ3) is 4.09. The number of nitriles is 1. The molecule has 0 spiro atoms. The Morgan fingerprint density at radius 2 is 2.25 bits per heavy atom. The minimum Gasteiger partial charge on any atom is -0.304 e. The van der Waals surface area contributed by atoms with Crippen LogP contribution in [0.5, 0.6) is 0 Å². The van der Waals surface area contributed by atoms with Crippen LogP contribution in [-0.2, 0) is 0 Å². The van der Waals surface area contributed by atoms with E-state index in [4.69, 9.17) is 5.26 Å². The Morgan fingerprint density at radius 1 is 1.50 bits per heavy atom. The largest absolute Gasteiger partial charge is 0.304 e. The first kappa shape index (κ1) is 13.4. The van der Waals surface area contributed by atoms with E-state index in [0.717, 1.165) is 39.1 Å². The van der Waals surface area contributed by atoms with E-state index in [0.29, 0.717) is 6.04 Å². The van der Waals surface area contributed by atoms with Crippen LogP contribution in [0.15, 0.2) is 0 Å². The molecule has 0 saturated carbocycles. The molecule has 0 radical (unpaired) electrons. The van der Waals surface area contributed by atoms with Gasteiger partial charge in [0.1, 0.15) is 0 Å². The third-order valence-electron chi connectivity index (χ3n) is 3.28. The summed E-state index contributed by atoms with van der Waals surface area (Å²) < 4.78 is 0. The van der Waals surface area contributed by atoms with Gasteiger partial charge in [-0.1, -0.05) is 6.92 Å². The van der Waals surface area contributed by atoms with Crippen molar-refractivity contribution in [2.45, 2.75) is 32.4 Å². The summed E-state index contributed by atoms with van der Waals surface area (Å²) in [4.78, 5) is 4.86. The zero-order valence-corrected chi connectivity index (χ0v) is 10.7. The molecule has 0 aliphatic carbocycles. The Kier molecular flexibility index (Phi) is 5.75. The van der Waals surface area contributed by atoms with Gasteiger partial charge >= 0.3 is 0 Å². The first-order valence-corrected chi connectivity index (χ1v) is 6.23. The molecule has 1 heterocycles. The highest BCUT2D eigenvalue weighted by Crippen LogP contribution is 2.08. The lowest BCUT2D eigenvalue weighted by Crippen LogP contribution is -2.51. The Morgan fingerprint density at radius 3 is 2.81 bits per heavy atom. The SMILES string of the molecule is CCNC(C#N)CCN1CCN(C)CC1C. The van der Waals surface area contributed by atoms with E-state index in [1.807, 2.05) is 6.92 Å². The van der Waals surface area contributed by atoms with Crippen LogP contribution in [0.3, 0.4) is 0 Å². The lowest BCUT2D eigenvalue weighted by Gasteiger charge is -2.38. The van der Waals surface area contributed by atoms with Crippen molar-refractivity contribution >= 4 is 0 Å². The van der Waals surface area contributed by atoms with E-state index in [-0.39, 0.29) is 6.04 Å². The van der Waals surface area contributed by atoms with Crippen molar-refractivity contribution in [1.82, 2.24) is 15.1 Å². The monoisotopic (exact) mass is 224 g/mol. The summed E-state index contributed by atoms with van der Waals surface area (Å²) in [6, 6.07) is 2.94. The number of nitrogens with one attached hydrogen (secondary N) is 1. The summed E-state index contributed by atoms with van der Waals surface area (Å²) in [5.74, 6) is 0. The van der Waals surface area contributed by atoms with Gasteiger partial charge in [0.05, 0.1) is 12.1 Å². The highest BCUT2D eigenvalue weighted by atomic mass is 15.3. The van der Waals surface area contributed by atoms with E-state index < -0.39 is 0 Å². The van der Waals surface area contributed by atoms with Gasteiger partial charge in [-0.3, -0.25) is 4.90 Å². The molecule has 2 unspecified atom stereocenters. The standard InChI is InChI=1S/C12H24N4/c1-4-14-12(9-13)5-6-16-8-7-15(3)10-11(16)2/h11-12,14H,4-8,10H2,1-3H3. The number of likely N-dealkylation sites (N-methyl/N-ethyl adjacent to an activating group) is 1. The molecule has 1 N–H and O–H groups in total. The summed E-state index contributed by atoms with van der Waals surface area (Å²) in [5, 5.41) is 12.2. The molecule has 92 valence electrons. The first-order chi connectivity index (χ1) is 7.67. The summed E-state index contributed by atoms with van der Waals surface area (Å²) >= 11 is 0. The number of hydrogen-bond donors (Lipinski definition) is 1. The van der Waals surface area contributed by atoms with Crippen molar-refractivity contribution in [3.8, 4) is 6.07 Å². The summed E-state index contributed by atoms with van der Waals surface area (Å²) in [7, 11) is 2.17. The van der Waals surface area contributed by atoms with E-state index in [9.17, 15) is 0 Å². The van der Waals surface area contributed by atoms with Crippen LogP contribution in [0.2, 0.25) is 0 Å². The second kappa shape index (κ2) is 6.85. The lowest BCUT2D eigenvalue weighted by atomic mass is 10.1. The van der Waals surface area contributed by atoms with Crippen molar-refractivity contribution in [3.63, 3.8) is 0 Å². The second-order valence-corrected chi connectivity index (χ2v) is 4.68. The van der Waals surface area contributed by atoms with Crippen LogP contribution in [0.25, 0.3) is 0 Å². The Labute approximate surface area is 99.2 Å². The van der Waals surface area contributed by atoms with Gasteiger partial charge in [0.25, 0.3) is 0 Å². The topological polar surface area (TPSA) is 42.3 Å². The summed E-state index contributed by atoms with van der Waals surface area (Å²) in [6.07, 6.45) is 0.929. The van der Waals surface area contributed by atoms with Crippen LogP contribution >= 0.6 is 0 Å². The highest BCUT2D eigenvalue weighted by molar-refractivity contribution is 4.90. The lowest BCUT2D eigenvalue weighted by molar-refractivity contribution is 0.0976. The normalized spacial score (nSPS) is 25.2. The maximum atomic E-state index is 8.96. The molecule has 0 aromatic heterocycles. The Balaban J connectivity index is 2.29. The zero-order valence-electron chi connectivity index (χ0n) is 10.7. The molecule has 1 aliphatic heterocycles. The van der Waals surface area contributed by atoms with E-state index >= 15 is 0 Å². The molecule has 1 saturated heterocycles. The van der Waals surface area contributed by atoms with Crippen molar-refractivity contribution in [2.24, 2.45) is 0 Å². The molecule has 1 aliphatic rings. The molecular formula is C12H24N4. The average molecular weight is 224 g/mol. The molecule has 0 amide bonds. The molecule has 16 heavy (non-hydrogen) atoms. The van der Waals surface area contributed by atoms with Crippen LogP contribution in [-0.4, -0.2) is 61.7 Å². The second-order valence-electron chi connectivity index (χ2n) is 4.68. The van der Waals surface area contributed by atoms with Crippen molar-refractivity contribution in [2.75, 3.05) is 39.8 Å². The minimum atomic E-state index is 0.0110. The molecule has 1 fully saturated rings. The van der Waals surface area contributed by atoms with Gasteiger partial charge in [-0.2, -0.15) is 5.26 Å². The molecule has 2 atom stereocenters. The van der Waals surface area contributed by atoms with Gasteiger partial charge in [-0.15, -0.1) is 0 Å². The van der Waals surface area contributed by atoms with E-state index in [1.54, 1.807) is 0 Å². The predicted molar refractivity (Wildman–Crippen MR) is 66.2 cm³/mol. The van der Waals surface area contributed by atoms with Crippen LogP contribution < -0.4 is 5.32 Å². The molecule has 0 bridgehead atoms. The molecule has 0 aromatic carbocycles. The Hall–Kier alpha value is -0.630. The maximum Gasteiger partial charge on any atom is 0.0965 e. The minimum absolute atomic E-state index is 0.0110. The molecule has 0 aromatic rings. The summed E-state index contributed by atoms with van der Waals surface area (Å²) in [6.45, 7) is 9.62. The van der Waals surface area contributed by atoms with Gasteiger partial charge in [0.15, 0.2) is 0 Å². The molecule has 4 heteroatoms. The maximum absolute atomic E-state index is 8.96. The summed E-state index contributed by atoms with van der Waals surface area (Å²) in [5.41, 5.74) is 0. The van der Waals surface area contributed by atoms with E-state index in [2.05, 4.69) is 35.2 Å². The number of rotatable bonds is 5. The van der Waals surface area contributed by atoms with Crippen molar-refractivity contribution < 1.29 is 0 Å². The smallest absolute Gasteiger partial charge is 0.0965 e. The fraction of sp³-hybridized carbons (Fsp3) is 0.917. The first-order valence-electron chi connectivity index (χ1n) is 6.23. The van der Waals surface area contributed by atoms with Gasteiger partial charge < -0.3 is 10.2 Å². The van der Waals surface area contributed by atoms with Gasteiger partial charge in [-0.05, 0) is 26.9 Å². The van der Waals surface area contributed by atoms with E-state index in [1.165, 1.54) is 0 Å². The highest BCUT2D eigenvalue weighted by Gasteiger charge is 2.21. The molecular weight excluding hydrogens is 200 g/mol. The van der Waals surface area contributed by atoms with Crippen LogP contribution in [0.4, 0.5) is 0 Å². The average Bonchev–Trinajstić information content (AvgIpc) is 2.26.